The summed E-state index contributed by atoms with van der Waals surface area (Å²) in [7, 11) is -4.29. The zero-order valence-corrected chi connectivity index (χ0v) is 15.8. The fourth-order valence-corrected chi connectivity index (χ4v) is 4.16. The van der Waals surface area contributed by atoms with E-state index < -0.39 is 28.9 Å². The molecule has 0 fully saturated rings. The lowest BCUT2D eigenvalue weighted by Gasteiger charge is -2.09. The molecule has 0 unspecified atom stereocenters. The van der Waals surface area contributed by atoms with Crippen molar-refractivity contribution in [3.8, 4) is 5.69 Å². The van der Waals surface area contributed by atoms with E-state index in [2.05, 4.69) is 5.10 Å². The first-order valence-electron chi connectivity index (χ1n) is 8.00. The van der Waals surface area contributed by atoms with Gasteiger partial charge in [-0.2, -0.15) is 5.10 Å². The summed E-state index contributed by atoms with van der Waals surface area (Å²) < 4.78 is 53.4. The summed E-state index contributed by atoms with van der Waals surface area (Å²) in [6.45, 7) is -1.04. The average molecular weight is 429 g/mol. The van der Waals surface area contributed by atoms with E-state index in [0.717, 1.165) is 0 Å². The summed E-state index contributed by atoms with van der Waals surface area (Å²) in [6, 6.07) is 9.52. The summed E-state index contributed by atoms with van der Waals surface area (Å²) in [5.74, 6) is -0.672. The Hall–Kier alpha value is -2.56. The van der Waals surface area contributed by atoms with Crippen molar-refractivity contribution in [3.63, 3.8) is 0 Å². The summed E-state index contributed by atoms with van der Waals surface area (Å²) in [6.07, 6.45) is -1.65. The molecule has 0 spiro atoms. The Morgan fingerprint density at radius 2 is 2.00 bits per heavy atom. The van der Waals surface area contributed by atoms with Gasteiger partial charge in [0, 0.05) is 11.6 Å². The number of rotatable bonds is 7. The lowest BCUT2D eigenvalue weighted by Crippen LogP contribution is -2.29. The zero-order chi connectivity index (χ0) is 20.5. The van der Waals surface area contributed by atoms with Crippen molar-refractivity contribution in [3.05, 3.63) is 53.2 Å². The number of carbonyl (C=O) groups excluding carboxylic acids is 1. The van der Waals surface area contributed by atoms with Crippen molar-refractivity contribution in [2.75, 3.05) is 6.54 Å². The normalized spacial score (nSPS) is 12.0. The second-order valence-corrected chi connectivity index (χ2v) is 8.08. The minimum atomic E-state index is -4.29. The monoisotopic (exact) mass is 428 g/mol. The first-order chi connectivity index (χ1) is 13.2. The molecule has 0 aliphatic rings. The van der Waals surface area contributed by atoms with Gasteiger partial charge in [0.25, 0.3) is 6.43 Å². The van der Waals surface area contributed by atoms with Gasteiger partial charge in [-0.05, 0) is 29.8 Å². The minimum absolute atomic E-state index is 0.190. The van der Waals surface area contributed by atoms with Crippen LogP contribution >= 0.6 is 11.6 Å². The van der Waals surface area contributed by atoms with Gasteiger partial charge in [-0.3, -0.25) is 4.79 Å². The SMILES string of the molecule is NC(=O)Cc1cc(S(=O)(=O)NCC(F)F)c2cn(-c3ccccc3Cl)nc2c1. The molecule has 7 nitrogen and oxygen atoms in total. The number of hydrogen-bond donors (Lipinski definition) is 2. The van der Waals surface area contributed by atoms with E-state index in [9.17, 15) is 22.0 Å². The topological polar surface area (TPSA) is 107 Å². The van der Waals surface area contributed by atoms with Gasteiger partial charge in [-0.1, -0.05) is 23.7 Å². The number of alkyl halides is 2. The molecule has 0 radical (unpaired) electrons. The number of aromatic nitrogens is 2. The van der Waals surface area contributed by atoms with Gasteiger partial charge >= 0.3 is 0 Å². The molecule has 0 aliphatic carbocycles. The zero-order valence-electron chi connectivity index (χ0n) is 14.3. The van der Waals surface area contributed by atoms with Crippen molar-refractivity contribution in [1.29, 1.82) is 0 Å². The van der Waals surface area contributed by atoms with Crippen LogP contribution in [0, 0.1) is 0 Å². The van der Waals surface area contributed by atoms with Crippen molar-refractivity contribution in [2.45, 2.75) is 17.7 Å². The highest BCUT2D eigenvalue weighted by atomic mass is 35.5. The summed E-state index contributed by atoms with van der Waals surface area (Å²) in [4.78, 5) is 11.0. The van der Waals surface area contributed by atoms with Crippen molar-refractivity contribution in [1.82, 2.24) is 14.5 Å². The van der Waals surface area contributed by atoms with Crippen LogP contribution in [0.1, 0.15) is 5.56 Å². The highest BCUT2D eigenvalue weighted by Crippen LogP contribution is 2.28. The van der Waals surface area contributed by atoms with E-state index in [1.165, 1.54) is 23.0 Å². The first kappa shape index (κ1) is 20.2. The van der Waals surface area contributed by atoms with Gasteiger partial charge in [0.05, 0.1) is 34.1 Å². The lowest BCUT2D eigenvalue weighted by atomic mass is 10.1. The summed E-state index contributed by atoms with van der Waals surface area (Å²) >= 11 is 6.16. The molecular formula is C17H15ClF2N4O3S. The third kappa shape index (κ3) is 4.29. The Labute approximate surface area is 164 Å². The van der Waals surface area contributed by atoms with E-state index >= 15 is 0 Å². The second kappa shape index (κ2) is 7.82. The number of nitrogens with one attached hydrogen (secondary N) is 1. The number of amides is 1. The van der Waals surface area contributed by atoms with Crippen molar-refractivity contribution < 1.29 is 22.0 Å². The molecule has 1 amide bonds. The highest BCUT2D eigenvalue weighted by molar-refractivity contribution is 7.89. The molecule has 0 saturated heterocycles. The van der Waals surface area contributed by atoms with E-state index in [-0.39, 0.29) is 22.2 Å². The van der Waals surface area contributed by atoms with Gasteiger partial charge < -0.3 is 5.73 Å². The van der Waals surface area contributed by atoms with E-state index in [1.807, 2.05) is 4.72 Å². The number of para-hydroxylation sites is 1. The molecule has 0 saturated carbocycles. The smallest absolute Gasteiger partial charge is 0.251 e. The predicted octanol–water partition coefficient (Wildman–Crippen LogP) is 2.25. The van der Waals surface area contributed by atoms with Gasteiger partial charge in [0.15, 0.2) is 0 Å². The van der Waals surface area contributed by atoms with E-state index in [0.29, 0.717) is 16.3 Å². The van der Waals surface area contributed by atoms with Crippen molar-refractivity contribution in [2.24, 2.45) is 5.73 Å². The molecule has 1 aromatic heterocycles. The van der Waals surface area contributed by atoms with E-state index in [4.69, 9.17) is 17.3 Å². The molecule has 3 aromatic rings. The molecule has 0 bridgehead atoms. The third-order valence-corrected chi connectivity index (χ3v) is 5.62. The van der Waals surface area contributed by atoms with Gasteiger partial charge in [-0.15, -0.1) is 0 Å². The number of carbonyl (C=O) groups is 1. The highest BCUT2D eigenvalue weighted by Gasteiger charge is 2.22. The van der Waals surface area contributed by atoms with E-state index in [1.54, 1.807) is 24.3 Å². The maximum absolute atomic E-state index is 12.6. The molecule has 0 aliphatic heterocycles. The van der Waals surface area contributed by atoms with Crippen LogP contribution in [-0.2, 0) is 21.2 Å². The quantitative estimate of drug-likeness (QED) is 0.601. The minimum Gasteiger partial charge on any atom is -0.369 e. The number of nitrogens with zero attached hydrogens (tertiary/aromatic N) is 2. The maximum atomic E-state index is 12.6. The van der Waals surface area contributed by atoms with Crippen LogP contribution in [-0.4, -0.2) is 37.1 Å². The van der Waals surface area contributed by atoms with Gasteiger partial charge in [0.2, 0.25) is 15.9 Å². The third-order valence-electron chi connectivity index (χ3n) is 3.84. The fourth-order valence-electron chi connectivity index (χ4n) is 2.68. The number of primary amides is 1. The molecule has 1 heterocycles. The average Bonchev–Trinajstić information content (AvgIpc) is 3.02. The standard InChI is InChI=1S/C17H15ClF2N4O3S/c18-12-3-1-2-4-14(12)24-9-11-13(23-24)5-10(7-17(21)25)6-15(11)28(26,27)22-8-16(19)20/h1-6,9,16,22H,7-8H2,(H2,21,25). The number of sulfonamides is 1. The van der Waals surface area contributed by atoms with Gasteiger partial charge in [-0.25, -0.2) is 26.6 Å². The Kier molecular flexibility index (Phi) is 5.64. The second-order valence-electron chi connectivity index (χ2n) is 5.94. The van der Waals surface area contributed by atoms with Gasteiger partial charge in [0.1, 0.15) is 0 Å². The maximum Gasteiger partial charge on any atom is 0.251 e. The summed E-state index contributed by atoms with van der Waals surface area (Å²) in [5, 5.41) is 4.89. The van der Waals surface area contributed by atoms with Crippen molar-refractivity contribution >= 4 is 38.4 Å². The molecule has 28 heavy (non-hydrogen) atoms. The van der Waals surface area contributed by atoms with Crippen LogP contribution in [0.2, 0.25) is 5.02 Å². The fraction of sp³-hybridized carbons (Fsp3) is 0.176. The molecule has 3 N–H and O–H groups in total. The number of halogens is 3. The molecule has 148 valence electrons. The van der Waals surface area contributed by atoms with Crippen LogP contribution in [0.15, 0.2) is 47.5 Å². The van der Waals surface area contributed by atoms with Crippen LogP contribution in [0.25, 0.3) is 16.6 Å². The molecule has 0 atom stereocenters. The van der Waals surface area contributed by atoms with Crippen LogP contribution < -0.4 is 10.5 Å². The Morgan fingerprint density at radius 3 is 2.64 bits per heavy atom. The number of hydrogen-bond acceptors (Lipinski definition) is 4. The Balaban J connectivity index is 2.20. The van der Waals surface area contributed by atoms with Crippen LogP contribution in [0.4, 0.5) is 8.78 Å². The molecule has 11 heteroatoms. The number of benzene rings is 2. The number of nitrogens with two attached hydrogens (primary N) is 1. The molecule has 3 rings (SSSR count). The largest absolute Gasteiger partial charge is 0.369 e. The summed E-state index contributed by atoms with van der Waals surface area (Å²) in [5.41, 5.74) is 6.24. The Morgan fingerprint density at radius 1 is 1.29 bits per heavy atom. The van der Waals surface area contributed by atoms with Crippen LogP contribution in [0.5, 0.6) is 0 Å². The first-order valence-corrected chi connectivity index (χ1v) is 9.87. The Bertz CT molecular complexity index is 1150. The van der Waals surface area contributed by atoms with Crippen LogP contribution in [0.3, 0.4) is 0 Å². The lowest BCUT2D eigenvalue weighted by molar-refractivity contribution is -0.117. The molecule has 2 aromatic carbocycles. The predicted molar refractivity (Wildman–Crippen MR) is 100 cm³/mol. The molecular weight excluding hydrogens is 414 g/mol. The number of fused-ring (bicyclic) bond motifs is 1.